The Morgan fingerprint density at radius 1 is 1.10 bits per heavy atom. The Labute approximate surface area is 123 Å². The van der Waals surface area contributed by atoms with Crippen LogP contribution in [0.25, 0.3) is 0 Å². The van der Waals surface area contributed by atoms with Gasteiger partial charge in [0.15, 0.2) is 0 Å². The molecule has 1 unspecified atom stereocenters. The molecule has 0 aromatic heterocycles. The summed E-state index contributed by atoms with van der Waals surface area (Å²) in [4.78, 5) is 0. The molecular formula is C17H29NO2. The number of aliphatic hydroxyl groups excluding tert-OH is 1. The van der Waals surface area contributed by atoms with Crippen LogP contribution in [0.1, 0.15) is 46.1 Å². The largest absolute Gasteiger partial charge is 0.494 e. The lowest BCUT2D eigenvalue weighted by Crippen LogP contribution is -2.43. The van der Waals surface area contributed by atoms with Crippen molar-refractivity contribution in [2.24, 2.45) is 0 Å². The SMILES string of the molecule is CNC(C)(CO)CCCOc1ccc(C(C)(C)C)cc1. The molecule has 0 saturated heterocycles. The van der Waals surface area contributed by atoms with Crippen LogP contribution in [0.4, 0.5) is 0 Å². The van der Waals surface area contributed by atoms with E-state index < -0.39 is 0 Å². The number of likely N-dealkylation sites (N-methyl/N-ethyl adjacent to an activating group) is 1. The number of benzene rings is 1. The zero-order chi connectivity index (χ0) is 15.2. The van der Waals surface area contributed by atoms with E-state index in [0.29, 0.717) is 6.61 Å². The third-order valence-electron chi connectivity index (χ3n) is 3.81. The van der Waals surface area contributed by atoms with Gasteiger partial charge in [-0.25, -0.2) is 0 Å². The van der Waals surface area contributed by atoms with E-state index in [1.807, 2.05) is 26.1 Å². The smallest absolute Gasteiger partial charge is 0.119 e. The van der Waals surface area contributed by atoms with E-state index in [0.717, 1.165) is 18.6 Å². The Morgan fingerprint density at radius 2 is 1.70 bits per heavy atom. The van der Waals surface area contributed by atoms with E-state index in [-0.39, 0.29) is 17.6 Å². The minimum Gasteiger partial charge on any atom is -0.494 e. The molecule has 0 fully saturated rings. The number of hydrogen-bond donors (Lipinski definition) is 2. The van der Waals surface area contributed by atoms with Gasteiger partial charge in [-0.05, 0) is 49.9 Å². The summed E-state index contributed by atoms with van der Waals surface area (Å²) < 4.78 is 5.75. The van der Waals surface area contributed by atoms with E-state index >= 15 is 0 Å². The molecule has 0 aliphatic heterocycles. The third kappa shape index (κ3) is 5.14. The van der Waals surface area contributed by atoms with Crippen molar-refractivity contribution >= 4 is 0 Å². The number of aliphatic hydroxyl groups is 1. The molecule has 0 heterocycles. The highest BCUT2D eigenvalue weighted by molar-refractivity contribution is 5.31. The quantitative estimate of drug-likeness (QED) is 0.754. The van der Waals surface area contributed by atoms with Crippen molar-refractivity contribution in [1.82, 2.24) is 5.32 Å². The molecular weight excluding hydrogens is 250 g/mol. The minimum atomic E-state index is -0.209. The molecule has 0 bridgehead atoms. The van der Waals surface area contributed by atoms with E-state index in [1.165, 1.54) is 5.56 Å². The minimum absolute atomic E-state index is 0.143. The maximum atomic E-state index is 9.31. The van der Waals surface area contributed by atoms with Crippen molar-refractivity contribution in [2.75, 3.05) is 20.3 Å². The first kappa shape index (κ1) is 17.0. The lowest BCUT2D eigenvalue weighted by Gasteiger charge is -2.26. The number of ether oxygens (including phenoxy) is 1. The van der Waals surface area contributed by atoms with Crippen LogP contribution in [0.2, 0.25) is 0 Å². The van der Waals surface area contributed by atoms with Crippen LogP contribution in [0.5, 0.6) is 5.75 Å². The lowest BCUT2D eigenvalue weighted by atomic mass is 9.87. The molecule has 1 aromatic carbocycles. The molecule has 114 valence electrons. The Morgan fingerprint density at radius 3 is 2.15 bits per heavy atom. The van der Waals surface area contributed by atoms with Gasteiger partial charge in [0.05, 0.1) is 13.2 Å². The first-order valence-electron chi connectivity index (χ1n) is 7.34. The first-order chi connectivity index (χ1) is 9.30. The van der Waals surface area contributed by atoms with Gasteiger partial charge in [-0.1, -0.05) is 32.9 Å². The second-order valence-corrected chi connectivity index (χ2v) is 6.70. The molecule has 0 aliphatic carbocycles. The molecule has 3 nitrogen and oxygen atoms in total. The molecule has 0 spiro atoms. The van der Waals surface area contributed by atoms with Crippen molar-refractivity contribution in [3.05, 3.63) is 29.8 Å². The van der Waals surface area contributed by atoms with Crippen molar-refractivity contribution in [2.45, 2.75) is 51.5 Å². The Bertz CT molecular complexity index is 388. The van der Waals surface area contributed by atoms with Gasteiger partial charge in [0.25, 0.3) is 0 Å². The summed E-state index contributed by atoms with van der Waals surface area (Å²) in [6, 6.07) is 8.31. The molecule has 1 rings (SSSR count). The van der Waals surface area contributed by atoms with Gasteiger partial charge >= 0.3 is 0 Å². The van der Waals surface area contributed by atoms with Gasteiger partial charge in [-0.15, -0.1) is 0 Å². The van der Waals surface area contributed by atoms with Gasteiger partial charge in [0.1, 0.15) is 5.75 Å². The average Bonchev–Trinajstić information content (AvgIpc) is 2.43. The number of nitrogens with one attached hydrogen (secondary N) is 1. The van der Waals surface area contributed by atoms with Crippen LogP contribution in [0.15, 0.2) is 24.3 Å². The second kappa shape index (κ2) is 7.09. The van der Waals surface area contributed by atoms with Gasteiger partial charge in [-0.3, -0.25) is 0 Å². The summed E-state index contributed by atoms with van der Waals surface area (Å²) in [7, 11) is 1.88. The number of hydrogen-bond acceptors (Lipinski definition) is 3. The fraction of sp³-hybridized carbons (Fsp3) is 0.647. The zero-order valence-electron chi connectivity index (χ0n) is 13.5. The normalized spacial score (nSPS) is 14.9. The standard InChI is InChI=1S/C17H29NO2/c1-16(2,3)14-7-9-15(10-8-14)20-12-6-11-17(4,13-19)18-5/h7-10,18-19H,6,11-13H2,1-5H3. The van der Waals surface area contributed by atoms with Gasteiger partial charge in [-0.2, -0.15) is 0 Å². The predicted molar refractivity (Wildman–Crippen MR) is 84.4 cm³/mol. The van der Waals surface area contributed by atoms with Crippen LogP contribution in [0, 0.1) is 0 Å². The molecule has 0 aliphatic rings. The molecule has 0 saturated carbocycles. The third-order valence-corrected chi connectivity index (χ3v) is 3.81. The van der Waals surface area contributed by atoms with Crippen molar-refractivity contribution < 1.29 is 9.84 Å². The van der Waals surface area contributed by atoms with Gasteiger partial charge in [0.2, 0.25) is 0 Å². The summed E-state index contributed by atoms with van der Waals surface area (Å²) in [5, 5.41) is 12.5. The summed E-state index contributed by atoms with van der Waals surface area (Å²) in [5.74, 6) is 0.910. The Kier molecular flexibility index (Phi) is 6.03. The van der Waals surface area contributed by atoms with Crippen LogP contribution in [-0.4, -0.2) is 30.9 Å². The second-order valence-electron chi connectivity index (χ2n) is 6.70. The molecule has 0 radical (unpaired) electrons. The average molecular weight is 279 g/mol. The fourth-order valence-corrected chi connectivity index (χ4v) is 1.99. The Hall–Kier alpha value is -1.06. The van der Waals surface area contributed by atoms with E-state index in [4.69, 9.17) is 4.74 Å². The van der Waals surface area contributed by atoms with Crippen LogP contribution in [0.3, 0.4) is 0 Å². The maximum Gasteiger partial charge on any atom is 0.119 e. The van der Waals surface area contributed by atoms with Crippen LogP contribution < -0.4 is 10.1 Å². The molecule has 3 heteroatoms. The monoisotopic (exact) mass is 279 g/mol. The lowest BCUT2D eigenvalue weighted by molar-refractivity contribution is 0.163. The van der Waals surface area contributed by atoms with E-state index in [9.17, 15) is 5.11 Å². The van der Waals surface area contributed by atoms with Crippen molar-refractivity contribution in [3.8, 4) is 5.75 Å². The topological polar surface area (TPSA) is 41.5 Å². The van der Waals surface area contributed by atoms with Crippen molar-refractivity contribution in [3.63, 3.8) is 0 Å². The van der Waals surface area contributed by atoms with Crippen molar-refractivity contribution in [1.29, 1.82) is 0 Å². The van der Waals surface area contributed by atoms with Crippen LogP contribution >= 0.6 is 0 Å². The summed E-state index contributed by atoms with van der Waals surface area (Å²) >= 11 is 0. The highest BCUT2D eigenvalue weighted by Gasteiger charge is 2.19. The predicted octanol–water partition coefficient (Wildman–Crippen LogP) is 3.11. The summed E-state index contributed by atoms with van der Waals surface area (Å²) in [5.41, 5.74) is 1.28. The zero-order valence-corrected chi connectivity index (χ0v) is 13.5. The van der Waals surface area contributed by atoms with E-state index in [1.54, 1.807) is 0 Å². The fourth-order valence-electron chi connectivity index (χ4n) is 1.99. The molecule has 1 aromatic rings. The number of rotatable bonds is 7. The van der Waals surface area contributed by atoms with E-state index in [2.05, 4.69) is 38.2 Å². The molecule has 20 heavy (non-hydrogen) atoms. The molecule has 1 atom stereocenters. The summed E-state index contributed by atoms with van der Waals surface area (Å²) in [6.45, 7) is 9.45. The maximum absolute atomic E-state index is 9.31. The highest BCUT2D eigenvalue weighted by atomic mass is 16.5. The summed E-state index contributed by atoms with van der Waals surface area (Å²) in [6.07, 6.45) is 1.80. The first-order valence-corrected chi connectivity index (χ1v) is 7.34. The van der Waals surface area contributed by atoms with Crippen LogP contribution in [-0.2, 0) is 5.41 Å². The van der Waals surface area contributed by atoms with Gasteiger partial charge in [0, 0.05) is 5.54 Å². The Balaban J connectivity index is 2.40. The molecule has 2 N–H and O–H groups in total. The molecule has 0 amide bonds. The van der Waals surface area contributed by atoms with Gasteiger partial charge < -0.3 is 15.2 Å². The highest BCUT2D eigenvalue weighted by Crippen LogP contribution is 2.24.